The van der Waals surface area contributed by atoms with E-state index in [9.17, 15) is 0 Å². The van der Waals surface area contributed by atoms with Crippen molar-refractivity contribution in [2.45, 2.75) is 44.3 Å². The van der Waals surface area contributed by atoms with E-state index in [-0.39, 0.29) is 3.72 Å². The van der Waals surface area contributed by atoms with Crippen LogP contribution in [-0.2, 0) is 17.4 Å². The van der Waals surface area contributed by atoms with E-state index in [1.54, 1.807) is 0 Å². The maximum absolute atomic E-state index is 2.70. The molecule has 3 nitrogen and oxygen atoms in total. The van der Waals surface area contributed by atoms with E-state index in [2.05, 4.69) is 83.3 Å². The van der Waals surface area contributed by atoms with Gasteiger partial charge in [-0.1, -0.05) is 0 Å². The van der Waals surface area contributed by atoms with Crippen LogP contribution in [0.15, 0.2) is 24.3 Å². The number of allylic oxidation sites excluding steroid dienone is 4. The van der Waals surface area contributed by atoms with E-state index in [1.165, 1.54) is 12.8 Å². The normalized spacial score (nSPS) is 17.6. The van der Waals surface area contributed by atoms with E-state index in [1.807, 2.05) is 0 Å². The average molecular weight is 329 g/mol. The third-order valence-corrected chi connectivity index (χ3v) is 14.5. The predicted octanol–water partition coefficient (Wildman–Crippen LogP) is 3.83. The molecule has 0 atom stereocenters. The van der Waals surface area contributed by atoms with Crippen LogP contribution in [0.5, 0.6) is 0 Å². The molecule has 0 saturated heterocycles. The van der Waals surface area contributed by atoms with Gasteiger partial charge in [-0.15, -0.1) is 0 Å². The third-order valence-electron chi connectivity index (χ3n) is 5.21. The predicted molar refractivity (Wildman–Crippen MR) is 90.8 cm³/mol. The number of hydrogen-bond acceptors (Lipinski definition) is 3. The second-order valence-corrected chi connectivity index (χ2v) is 13.2. The monoisotopic (exact) mass is 329 g/mol. The fourth-order valence-corrected chi connectivity index (χ4v) is 14.1. The molecule has 0 unspecified atom stereocenters. The van der Waals surface area contributed by atoms with Crippen LogP contribution >= 0.6 is 0 Å². The summed E-state index contributed by atoms with van der Waals surface area (Å²) in [5, 5.41) is 0. The Morgan fingerprint density at radius 1 is 0.762 bits per heavy atom. The van der Waals surface area contributed by atoms with Gasteiger partial charge in [0.15, 0.2) is 0 Å². The van der Waals surface area contributed by atoms with Crippen molar-refractivity contribution < 1.29 is 17.4 Å². The van der Waals surface area contributed by atoms with Gasteiger partial charge in [0, 0.05) is 0 Å². The maximum atomic E-state index is 2.70. The van der Waals surface area contributed by atoms with E-state index in [4.69, 9.17) is 0 Å². The second-order valence-electron chi connectivity index (χ2n) is 6.19. The Kier molecular flexibility index (Phi) is 7.35. The summed E-state index contributed by atoms with van der Waals surface area (Å²) in [6, 6.07) is 0. The van der Waals surface area contributed by atoms with E-state index in [0.29, 0.717) is 0 Å². The second kappa shape index (κ2) is 8.08. The molecule has 1 aliphatic carbocycles. The average Bonchev–Trinajstić information content (AvgIpc) is 2.96. The summed E-state index contributed by atoms with van der Waals surface area (Å²) in [5.74, 6) is 0. The molecule has 1 rings (SSSR count). The molecular formula is C17H35N3Ti. The molecule has 0 aromatic carbocycles. The number of hydrogen-bond donors (Lipinski definition) is 0. The Bertz CT molecular complexity index is 340. The molecule has 0 radical (unpaired) electrons. The van der Waals surface area contributed by atoms with Gasteiger partial charge >= 0.3 is 137 Å². The molecule has 0 aromatic heterocycles. The van der Waals surface area contributed by atoms with Gasteiger partial charge in [0.25, 0.3) is 0 Å². The topological polar surface area (TPSA) is 9.72 Å². The molecule has 1 aliphatic rings. The van der Waals surface area contributed by atoms with Crippen LogP contribution in [0.1, 0.15) is 40.5 Å². The van der Waals surface area contributed by atoms with Gasteiger partial charge in [0.05, 0.1) is 0 Å². The molecular weight excluding hydrogens is 294 g/mol. The van der Waals surface area contributed by atoms with Crippen molar-refractivity contribution in [3.8, 4) is 0 Å². The van der Waals surface area contributed by atoms with Crippen LogP contribution in [-0.4, -0.2) is 50.9 Å². The van der Waals surface area contributed by atoms with Crippen molar-refractivity contribution in [2.75, 3.05) is 40.8 Å². The Balaban J connectivity index is 3.53. The van der Waals surface area contributed by atoms with Gasteiger partial charge in [-0.05, 0) is 0 Å². The molecule has 0 fully saturated rings. The van der Waals surface area contributed by atoms with Gasteiger partial charge in [0.2, 0.25) is 0 Å². The number of rotatable bonds is 9. The molecule has 0 N–H and O–H groups in total. The Hall–Kier alpha value is 0.0743. The SMILES string of the molecule is CCC[C]1([Ti]([N](C)CC)([N](C)CC)[N](C)CC)C=CC=C1. The summed E-state index contributed by atoms with van der Waals surface area (Å²) in [6.45, 7) is 12.6. The van der Waals surface area contributed by atoms with Crippen molar-refractivity contribution in [1.29, 1.82) is 0 Å². The summed E-state index contributed by atoms with van der Waals surface area (Å²) < 4.78 is 8.32. The Morgan fingerprint density at radius 2 is 1.14 bits per heavy atom. The summed E-state index contributed by atoms with van der Waals surface area (Å²) >= 11 is -2.68. The first-order chi connectivity index (χ1) is 9.96. The van der Waals surface area contributed by atoms with Gasteiger partial charge in [-0.2, -0.15) is 0 Å². The first-order valence-corrected chi connectivity index (χ1v) is 11.3. The first-order valence-electron chi connectivity index (χ1n) is 8.47. The van der Waals surface area contributed by atoms with Gasteiger partial charge in [0.1, 0.15) is 0 Å². The molecule has 0 spiro atoms. The number of nitrogens with zero attached hydrogens (tertiary/aromatic N) is 3. The van der Waals surface area contributed by atoms with Crippen LogP contribution in [0.2, 0.25) is 3.72 Å². The molecule has 0 aromatic rings. The van der Waals surface area contributed by atoms with Crippen LogP contribution in [0, 0.1) is 0 Å². The van der Waals surface area contributed by atoms with Crippen LogP contribution < -0.4 is 0 Å². The van der Waals surface area contributed by atoms with Gasteiger partial charge in [-0.3, -0.25) is 0 Å². The first kappa shape index (κ1) is 19.1. The van der Waals surface area contributed by atoms with Crippen molar-refractivity contribution in [1.82, 2.24) is 10.1 Å². The zero-order valence-electron chi connectivity index (χ0n) is 15.2. The zero-order chi connectivity index (χ0) is 16.1. The van der Waals surface area contributed by atoms with Crippen LogP contribution in [0.3, 0.4) is 0 Å². The summed E-state index contributed by atoms with van der Waals surface area (Å²) in [6.07, 6.45) is 12.0. The fourth-order valence-electron chi connectivity index (χ4n) is 4.08. The van der Waals surface area contributed by atoms with E-state index >= 15 is 0 Å². The van der Waals surface area contributed by atoms with Gasteiger partial charge < -0.3 is 0 Å². The Labute approximate surface area is 137 Å². The molecule has 0 heterocycles. The van der Waals surface area contributed by atoms with Crippen molar-refractivity contribution in [3.05, 3.63) is 24.3 Å². The molecule has 0 bridgehead atoms. The third kappa shape index (κ3) is 3.09. The molecule has 4 heteroatoms. The Morgan fingerprint density at radius 3 is 1.43 bits per heavy atom. The van der Waals surface area contributed by atoms with Crippen LogP contribution in [0.25, 0.3) is 0 Å². The quantitative estimate of drug-likeness (QED) is 0.595. The summed E-state index contributed by atoms with van der Waals surface area (Å²) in [4.78, 5) is 0. The summed E-state index contributed by atoms with van der Waals surface area (Å²) in [7, 11) is 7.03. The summed E-state index contributed by atoms with van der Waals surface area (Å²) in [5.41, 5.74) is 0. The van der Waals surface area contributed by atoms with Crippen molar-refractivity contribution >= 4 is 0 Å². The molecule has 21 heavy (non-hydrogen) atoms. The fraction of sp³-hybridized carbons (Fsp3) is 0.765. The van der Waals surface area contributed by atoms with Gasteiger partial charge in [-0.25, -0.2) is 0 Å². The van der Waals surface area contributed by atoms with Crippen LogP contribution in [0.4, 0.5) is 0 Å². The molecule has 122 valence electrons. The molecule has 0 saturated carbocycles. The molecule has 0 amide bonds. The standard InChI is InChI=1S/C8H11.3C3H8N.Ti/c1-2-5-8-6-3-4-7-8;3*1-3-4-2;/h3-4,6-7H,2,5H2,1H3;3*3H2,1-2H3;/q;3*-1;+3. The molecule has 0 aliphatic heterocycles. The van der Waals surface area contributed by atoms with E-state index < -0.39 is 17.4 Å². The van der Waals surface area contributed by atoms with E-state index in [0.717, 1.165) is 19.6 Å². The zero-order valence-corrected chi connectivity index (χ0v) is 16.7. The minimum atomic E-state index is -2.68. The minimum absolute atomic E-state index is 0.231. The van der Waals surface area contributed by atoms with Crippen molar-refractivity contribution in [2.24, 2.45) is 0 Å². The van der Waals surface area contributed by atoms with Crippen molar-refractivity contribution in [3.63, 3.8) is 0 Å².